The van der Waals surface area contributed by atoms with Crippen LogP contribution in [-0.2, 0) is 4.79 Å². The molecular weight excluding hydrogens is 200 g/mol. The van der Waals surface area contributed by atoms with E-state index in [9.17, 15) is 4.79 Å². The normalized spacial score (nSPS) is 9.25. The topological polar surface area (TPSA) is 52.9 Å². The number of carbonyl (C=O) groups is 1. The highest BCUT2D eigenvalue weighted by molar-refractivity contribution is 5.90. The summed E-state index contributed by atoms with van der Waals surface area (Å²) in [6.07, 6.45) is 1.14. The van der Waals surface area contributed by atoms with Crippen LogP contribution in [0.5, 0.6) is 0 Å². The molecular formula is C13H14N2O. The monoisotopic (exact) mass is 214 g/mol. The molecule has 0 atom stereocenters. The van der Waals surface area contributed by atoms with Gasteiger partial charge in [0.1, 0.15) is 0 Å². The minimum absolute atomic E-state index is 0.0345. The summed E-state index contributed by atoms with van der Waals surface area (Å²) in [6, 6.07) is 8.81. The van der Waals surface area contributed by atoms with Gasteiger partial charge in [-0.1, -0.05) is 5.57 Å². The van der Waals surface area contributed by atoms with Crippen LogP contribution in [0.2, 0.25) is 0 Å². The van der Waals surface area contributed by atoms with E-state index in [4.69, 9.17) is 5.26 Å². The third-order valence-corrected chi connectivity index (χ3v) is 2.08. The summed E-state index contributed by atoms with van der Waals surface area (Å²) in [5.41, 5.74) is 2.29. The van der Waals surface area contributed by atoms with Gasteiger partial charge in [-0.05, 0) is 37.6 Å². The van der Waals surface area contributed by atoms with Crippen LogP contribution in [0.3, 0.4) is 0 Å². The maximum absolute atomic E-state index is 11.5. The number of nitrogens with one attached hydrogen (secondary N) is 1. The lowest BCUT2D eigenvalue weighted by molar-refractivity contribution is -0.116. The van der Waals surface area contributed by atoms with Crippen molar-refractivity contribution in [3.8, 4) is 6.07 Å². The second-order valence-electron chi connectivity index (χ2n) is 3.69. The minimum Gasteiger partial charge on any atom is -0.326 e. The number of rotatable bonds is 4. The Kier molecular flexibility index (Phi) is 4.28. The van der Waals surface area contributed by atoms with Crippen molar-refractivity contribution in [2.24, 2.45) is 0 Å². The molecule has 0 saturated carbocycles. The summed E-state index contributed by atoms with van der Waals surface area (Å²) in [5.74, 6) is -0.0345. The molecule has 0 aliphatic rings. The molecule has 16 heavy (non-hydrogen) atoms. The van der Waals surface area contributed by atoms with Gasteiger partial charge in [0, 0.05) is 12.1 Å². The van der Waals surface area contributed by atoms with Gasteiger partial charge in [-0.15, -0.1) is 6.58 Å². The van der Waals surface area contributed by atoms with Gasteiger partial charge in [0.05, 0.1) is 11.6 Å². The second-order valence-corrected chi connectivity index (χ2v) is 3.69. The first-order valence-corrected chi connectivity index (χ1v) is 5.06. The van der Waals surface area contributed by atoms with Crippen molar-refractivity contribution in [2.45, 2.75) is 19.8 Å². The smallest absolute Gasteiger partial charge is 0.224 e. The molecule has 1 amide bonds. The molecule has 0 aliphatic carbocycles. The Morgan fingerprint density at radius 2 is 2.00 bits per heavy atom. The van der Waals surface area contributed by atoms with Crippen LogP contribution in [0.1, 0.15) is 25.3 Å². The highest BCUT2D eigenvalue weighted by Crippen LogP contribution is 2.10. The summed E-state index contributed by atoms with van der Waals surface area (Å²) in [7, 11) is 0. The van der Waals surface area contributed by atoms with Crippen LogP contribution in [0.15, 0.2) is 36.4 Å². The largest absolute Gasteiger partial charge is 0.326 e. The Hall–Kier alpha value is -2.08. The molecule has 0 radical (unpaired) electrons. The molecule has 0 spiro atoms. The standard InChI is InChI=1S/C13H14N2O/c1-10(2)3-8-13(16)15-12-6-4-11(9-14)5-7-12/h4-7H,1,3,8H2,2H3,(H,15,16). The number of hydrogen-bond acceptors (Lipinski definition) is 2. The maximum Gasteiger partial charge on any atom is 0.224 e. The quantitative estimate of drug-likeness (QED) is 0.783. The van der Waals surface area contributed by atoms with Crippen molar-refractivity contribution in [1.82, 2.24) is 0 Å². The molecule has 0 bridgehead atoms. The van der Waals surface area contributed by atoms with Gasteiger partial charge in [-0.3, -0.25) is 4.79 Å². The second kappa shape index (κ2) is 5.72. The molecule has 0 aliphatic heterocycles. The third kappa shape index (κ3) is 3.97. The highest BCUT2D eigenvalue weighted by Gasteiger charge is 2.02. The lowest BCUT2D eigenvalue weighted by Gasteiger charge is -2.04. The zero-order chi connectivity index (χ0) is 12.0. The van der Waals surface area contributed by atoms with Crippen molar-refractivity contribution in [1.29, 1.82) is 5.26 Å². The van der Waals surface area contributed by atoms with Gasteiger partial charge in [-0.2, -0.15) is 5.26 Å². The van der Waals surface area contributed by atoms with E-state index in [1.807, 2.05) is 13.0 Å². The van der Waals surface area contributed by atoms with E-state index < -0.39 is 0 Å². The van der Waals surface area contributed by atoms with Gasteiger partial charge in [0.25, 0.3) is 0 Å². The summed E-state index contributed by atoms with van der Waals surface area (Å²) in [6.45, 7) is 5.64. The first kappa shape index (κ1) is 12.0. The number of allylic oxidation sites excluding steroid dienone is 1. The van der Waals surface area contributed by atoms with Gasteiger partial charge >= 0.3 is 0 Å². The van der Waals surface area contributed by atoms with E-state index in [1.165, 1.54) is 0 Å². The van der Waals surface area contributed by atoms with Crippen LogP contribution in [0.4, 0.5) is 5.69 Å². The molecule has 0 aromatic heterocycles. The fourth-order valence-corrected chi connectivity index (χ4v) is 1.18. The molecule has 3 nitrogen and oxygen atoms in total. The predicted octanol–water partition coefficient (Wildman–Crippen LogP) is 2.85. The van der Waals surface area contributed by atoms with E-state index in [-0.39, 0.29) is 5.91 Å². The average molecular weight is 214 g/mol. The number of benzene rings is 1. The van der Waals surface area contributed by atoms with E-state index >= 15 is 0 Å². The maximum atomic E-state index is 11.5. The molecule has 1 aromatic rings. The van der Waals surface area contributed by atoms with Crippen molar-refractivity contribution in [3.63, 3.8) is 0 Å². The molecule has 3 heteroatoms. The highest BCUT2D eigenvalue weighted by atomic mass is 16.1. The number of anilines is 1. The summed E-state index contributed by atoms with van der Waals surface area (Å²) < 4.78 is 0. The summed E-state index contributed by atoms with van der Waals surface area (Å²) in [4.78, 5) is 11.5. The SMILES string of the molecule is C=C(C)CCC(=O)Nc1ccc(C#N)cc1. The fourth-order valence-electron chi connectivity index (χ4n) is 1.18. The predicted molar refractivity (Wildman–Crippen MR) is 63.8 cm³/mol. The first-order chi connectivity index (χ1) is 7.61. The van der Waals surface area contributed by atoms with Crippen molar-refractivity contribution < 1.29 is 4.79 Å². The number of nitrogens with zero attached hydrogens (tertiary/aromatic N) is 1. The number of carbonyl (C=O) groups excluding carboxylic acids is 1. The van der Waals surface area contributed by atoms with Gasteiger partial charge in [0.2, 0.25) is 5.91 Å². The van der Waals surface area contributed by atoms with E-state index in [1.54, 1.807) is 24.3 Å². The van der Waals surface area contributed by atoms with E-state index in [0.29, 0.717) is 24.1 Å². The van der Waals surface area contributed by atoms with E-state index in [0.717, 1.165) is 5.57 Å². The Labute approximate surface area is 95.4 Å². The third-order valence-electron chi connectivity index (χ3n) is 2.08. The molecule has 1 N–H and O–H groups in total. The zero-order valence-corrected chi connectivity index (χ0v) is 9.29. The molecule has 0 unspecified atom stereocenters. The lowest BCUT2D eigenvalue weighted by Crippen LogP contribution is -2.10. The lowest BCUT2D eigenvalue weighted by atomic mass is 10.2. The Morgan fingerprint density at radius 3 is 2.50 bits per heavy atom. The van der Waals surface area contributed by atoms with Gasteiger partial charge in [-0.25, -0.2) is 0 Å². The van der Waals surface area contributed by atoms with E-state index in [2.05, 4.69) is 11.9 Å². The van der Waals surface area contributed by atoms with Crippen molar-refractivity contribution in [3.05, 3.63) is 42.0 Å². The first-order valence-electron chi connectivity index (χ1n) is 5.06. The zero-order valence-electron chi connectivity index (χ0n) is 9.29. The summed E-state index contributed by atoms with van der Waals surface area (Å²) in [5, 5.41) is 11.4. The Bertz CT molecular complexity index is 426. The van der Waals surface area contributed by atoms with Crippen molar-refractivity contribution >= 4 is 11.6 Å². The Morgan fingerprint density at radius 1 is 1.38 bits per heavy atom. The number of nitriles is 1. The fraction of sp³-hybridized carbons (Fsp3) is 0.231. The Balaban J connectivity index is 2.50. The van der Waals surface area contributed by atoms with Gasteiger partial charge < -0.3 is 5.32 Å². The van der Waals surface area contributed by atoms with Crippen LogP contribution in [0.25, 0.3) is 0 Å². The average Bonchev–Trinajstić information content (AvgIpc) is 2.27. The van der Waals surface area contributed by atoms with Crippen LogP contribution in [-0.4, -0.2) is 5.91 Å². The molecule has 1 aromatic carbocycles. The minimum atomic E-state index is -0.0345. The van der Waals surface area contributed by atoms with Crippen LogP contribution < -0.4 is 5.32 Å². The van der Waals surface area contributed by atoms with Gasteiger partial charge in [0.15, 0.2) is 0 Å². The molecule has 82 valence electrons. The van der Waals surface area contributed by atoms with Crippen LogP contribution >= 0.6 is 0 Å². The van der Waals surface area contributed by atoms with Crippen LogP contribution in [0, 0.1) is 11.3 Å². The number of amides is 1. The van der Waals surface area contributed by atoms with Crippen molar-refractivity contribution in [2.75, 3.05) is 5.32 Å². The molecule has 0 heterocycles. The molecule has 0 saturated heterocycles. The molecule has 0 fully saturated rings. The number of hydrogen-bond donors (Lipinski definition) is 1. The molecule has 1 rings (SSSR count). The summed E-state index contributed by atoms with van der Waals surface area (Å²) >= 11 is 0.